The number of carboxylic acid groups (broad SMARTS) is 1. The minimum atomic E-state index is -1.01. The number of fused-ring (bicyclic) bond motifs is 1. The average molecular weight is 843 g/mol. The van der Waals surface area contributed by atoms with Gasteiger partial charge in [-0.05, 0) is 103 Å². The number of halogens is 1. The van der Waals surface area contributed by atoms with Crippen molar-refractivity contribution < 1.29 is 47.9 Å². The van der Waals surface area contributed by atoms with Crippen LogP contribution in [0.3, 0.4) is 0 Å². The molecule has 0 unspecified atom stereocenters. The van der Waals surface area contributed by atoms with Gasteiger partial charge in [0.15, 0.2) is 34.4 Å². The molecule has 0 bridgehead atoms. The lowest BCUT2D eigenvalue weighted by Gasteiger charge is -2.25. The largest absolute Gasteiger partial charge is 0.493 e. The van der Waals surface area contributed by atoms with E-state index < -0.39 is 23.9 Å². The highest BCUT2D eigenvalue weighted by Gasteiger charge is 2.34. The molecule has 0 saturated carbocycles. The monoisotopic (exact) mass is 842 g/mol. The SMILES string of the molecule is CCOC(=O)C1=C(C)N=c2s/c(=C\c3cc(I)c(OCc4ccc(C(=O)O)cc4)c(OC)c3)c(=O)n2[C@H]1c1ccc(OCC(=O)OC)c(OCC)c1. The van der Waals surface area contributed by atoms with Crippen LogP contribution in [0, 0.1) is 3.57 Å². The molecule has 0 amide bonds. The molecule has 52 heavy (non-hydrogen) atoms. The predicted octanol–water partition coefficient (Wildman–Crippen LogP) is 4.64. The minimum absolute atomic E-state index is 0.119. The van der Waals surface area contributed by atoms with Gasteiger partial charge in [-0.25, -0.2) is 19.4 Å². The van der Waals surface area contributed by atoms with Crippen LogP contribution in [0.15, 0.2) is 75.7 Å². The molecular weight excluding hydrogens is 807 g/mol. The van der Waals surface area contributed by atoms with Gasteiger partial charge < -0.3 is 33.5 Å². The van der Waals surface area contributed by atoms with Crippen LogP contribution in [0.5, 0.6) is 23.0 Å². The standard InChI is InChI=1S/C37H35IN2O11S/c1-6-48-27-17-24(12-13-26(27)50-19-30(41)47-5)32-31(36(45)49-7-2)20(3)39-37-40(32)34(42)29(52-37)16-22-14-25(38)33(28(15-22)46-4)51-18-21-8-10-23(11-9-21)35(43)44/h8-17,32H,6-7,18-19H2,1-5H3,(H,43,44)/b29-16-/t32-/m0/s1. The summed E-state index contributed by atoms with van der Waals surface area (Å²) in [5.74, 6) is -0.669. The molecule has 3 aromatic carbocycles. The number of carbonyl (C=O) groups excluding carboxylic acids is 2. The van der Waals surface area contributed by atoms with Crippen LogP contribution in [0.25, 0.3) is 6.08 Å². The second-order valence-electron chi connectivity index (χ2n) is 11.1. The molecule has 5 rings (SSSR count). The second-order valence-corrected chi connectivity index (χ2v) is 13.3. The lowest BCUT2D eigenvalue weighted by atomic mass is 9.95. The number of methoxy groups -OCH3 is 2. The summed E-state index contributed by atoms with van der Waals surface area (Å²) in [6, 6.07) is 14.0. The van der Waals surface area contributed by atoms with Crippen molar-refractivity contribution in [1.29, 1.82) is 0 Å². The number of thiazole rings is 1. The highest BCUT2D eigenvalue weighted by atomic mass is 127. The van der Waals surface area contributed by atoms with Crippen LogP contribution >= 0.6 is 33.9 Å². The number of allylic oxidation sites excluding steroid dienone is 1. The summed E-state index contributed by atoms with van der Waals surface area (Å²) >= 11 is 3.30. The summed E-state index contributed by atoms with van der Waals surface area (Å²) in [5, 5.41) is 9.17. The molecule has 0 aliphatic carbocycles. The molecule has 1 aromatic heterocycles. The van der Waals surface area contributed by atoms with E-state index in [0.29, 0.717) is 43.4 Å². The number of carboxylic acids is 1. The highest BCUT2D eigenvalue weighted by Crippen LogP contribution is 2.37. The van der Waals surface area contributed by atoms with Gasteiger partial charge >= 0.3 is 17.9 Å². The first-order valence-corrected chi connectivity index (χ1v) is 17.9. The van der Waals surface area contributed by atoms with Gasteiger partial charge in [-0.1, -0.05) is 29.5 Å². The Labute approximate surface area is 315 Å². The number of esters is 2. The number of rotatable bonds is 14. The number of carbonyl (C=O) groups is 3. The lowest BCUT2D eigenvalue weighted by Crippen LogP contribution is -2.40. The van der Waals surface area contributed by atoms with Crippen LogP contribution in [0.1, 0.15) is 53.9 Å². The minimum Gasteiger partial charge on any atom is -0.493 e. The van der Waals surface area contributed by atoms with Crippen LogP contribution in [-0.4, -0.2) is 61.6 Å². The molecule has 4 aromatic rings. The van der Waals surface area contributed by atoms with E-state index in [9.17, 15) is 24.3 Å². The van der Waals surface area contributed by atoms with Gasteiger partial charge in [-0.2, -0.15) is 0 Å². The molecule has 15 heteroatoms. The number of aromatic carboxylic acids is 1. The van der Waals surface area contributed by atoms with E-state index in [1.807, 2.05) is 6.07 Å². The second kappa shape index (κ2) is 16.9. The number of hydrogen-bond donors (Lipinski definition) is 1. The number of ether oxygens (including phenoxy) is 6. The van der Waals surface area contributed by atoms with Crippen molar-refractivity contribution in [1.82, 2.24) is 4.57 Å². The first-order valence-electron chi connectivity index (χ1n) is 16.0. The zero-order valence-corrected chi connectivity index (χ0v) is 31.9. The predicted molar refractivity (Wildman–Crippen MR) is 199 cm³/mol. The van der Waals surface area contributed by atoms with E-state index in [-0.39, 0.29) is 48.9 Å². The molecule has 0 saturated heterocycles. The Bertz CT molecular complexity index is 2230. The van der Waals surface area contributed by atoms with Crippen LogP contribution in [0.4, 0.5) is 0 Å². The Morgan fingerprint density at radius 1 is 0.962 bits per heavy atom. The first kappa shape index (κ1) is 38.1. The Morgan fingerprint density at radius 2 is 1.71 bits per heavy atom. The van der Waals surface area contributed by atoms with Gasteiger partial charge in [0.05, 0.1) is 58.4 Å². The fourth-order valence-electron chi connectivity index (χ4n) is 5.40. The van der Waals surface area contributed by atoms with E-state index in [1.54, 1.807) is 63.2 Å². The Hall–Kier alpha value is -5.16. The third-order valence-electron chi connectivity index (χ3n) is 7.81. The maximum Gasteiger partial charge on any atom is 0.343 e. The van der Waals surface area contributed by atoms with Gasteiger partial charge in [0.2, 0.25) is 0 Å². The van der Waals surface area contributed by atoms with Gasteiger partial charge in [0.25, 0.3) is 5.56 Å². The fourth-order valence-corrected chi connectivity index (χ4v) is 7.23. The Kier molecular flexibility index (Phi) is 12.4. The van der Waals surface area contributed by atoms with E-state index in [1.165, 1.54) is 42.3 Å². The molecule has 13 nitrogen and oxygen atoms in total. The molecule has 1 aliphatic rings. The van der Waals surface area contributed by atoms with Gasteiger partial charge in [0.1, 0.15) is 6.61 Å². The summed E-state index contributed by atoms with van der Waals surface area (Å²) in [6.45, 7) is 5.43. The molecular formula is C37H35IN2O11S. The van der Waals surface area contributed by atoms with Crippen molar-refractivity contribution >= 4 is 57.9 Å². The van der Waals surface area contributed by atoms with Gasteiger partial charge in [-0.3, -0.25) is 9.36 Å². The zero-order chi connectivity index (χ0) is 37.5. The van der Waals surface area contributed by atoms with Crippen molar-refractivity contribution in [3.05, 3.63) is 111 Å². The molecule has 2 heterocycles. The third kappa shape index (κ3) is 8.31. The highest BCUT2D eigenvalue weighted by molar-refractivity contribution is 14.1. The van der Waals surface area contributed by atoms with Crippen molar-refractivity contribution in [2.24, 2.45) is 4.99 Å². The molecule has 1 N–H and O–H groups in total. The third-order valence-corrected chi connectivity index (χ3v) is 9.59. The van der Waals surface area contributed by atoms with E-state index in [2.05, 4.69) is 32.3 Å². The van der Waals surface area contributed by atoms with Crippen molar-refractivity contribution in [2.75, 3.05) is 34.0 Å². The molecule has 1 aliphatic heterocycles. The van der Waals surface area contributed by atoms with Crippen LogP contribution in [-0.2, 0) is 25.7 Å². The average Bonchev–Trinajstić information content (AvgIpc) is 3.43. The fraction of sp³-hybridized carbons (Fsp3) is 0.270. The summed E-state index contributed by atoms with van der Waals surface area (Å²) < 4.78 is 35.8. The molecule has 0 radical (unpaired) electrons. The van der Waals surface area contributed by atoms with Crippen LogP contribution in [0.2, 0.25) is 0 Å². The number of nitrogens with zero attached hydrogens (tertiary/aromatic N) is 2. The topological polar surface area (TPSA) is 161 Å². The Morgan fingerprint density at radius 3 is 2.37 bits per heavy atom. The maximum atomic E-state index is 14.3. The normalized spacial score (nSPS) is 13.9. The number of aromatic nitrogens is 1. The van der Waals surface area contributed by atoms with Crippen molar-refractivity contribution in [3.8, 4) is 23.0 Å². The molecule has 0 spiro atoms. The summed E-state index contributed by atoms with van der Waals surface area (Å²) in [5.41, 5.74) is 2.36. The first-order chi connectivity index (χ1) is 25.0. The quantitative estimate of drug-likeness (QED) is 0.139. The van der Waals surface area contributed by atoms with Gasteiger partial charge in [0, 0.05) is 0 Å². The van der Waals surface area contributed by atoms with Crippen molar-refractivity contribution in [2.45, 2.75) is 33.4 Å². The van der Waals surface area contributed by atoms with E-state index in [0.717, 1.165) is 9.13 Å². The lowest BCUT2D eigenvalue weighted by molar-refractivity contribution is -0.143. The number of hydrogen-bond acceptors (Lipinski definition) is 12. The number of benzene rings is 3. The van der Waals surface area contributed by atoms with Crippen LogP contribution < -0.4 is 33.8 Å². The van der Waals surface area contributed by atoms with Gasteiger partial charge in [-0.15, -0.1) is 0 Å². The summed E-state index contributed by atoms with van der Waals surface area (Å²) in [4.78, 5) is 55.6. The molecule has 272 valence electrons. The van der Waals surface area contributed by atoms with Crippen molar-refractivity contribution in [3.63, 3.8) is 0 Å². The zero-order valence-electron chi connectivity index (χ0n) is 28.9. The smallest absolute Gasteiger partial charge is 0.343 e. The maximum absolute atomic E-state index is 14.3. The Balaban J connectivity index is 1.56. The van der Waals surface area contributed by atoms with E-state index in [4.69, 9.17) is 23.7 Å². The summed E-state index contributed by atoms with van der Waals surface area (Å²) in [7, 11) is 2.77. The molecule has 1 atom stereocenters. The summed E-state index contributed by atoms with van der Waals surface area (Å²) in [6.07, 6.45) is 1.72. The van der Waals surface area contributed by atoms with E-state index >= 15 is 0 Å². The molecule has 0 fully saturated rings.